The zero-order valence-corrected chi connectivity index (χ0v) is 15.3. The Morgan fingerprint density at radius 1 is 0.920 bits per heavy atom. The van der Waals surface area contributed by atoms with E-state index in [2.05, 4.69) is 64.4 Å². The molecule has 1 aliphatic rings. The first-order valence-electron chi connectivity index (χ1n) is 9.18. The van der Waals surface area contributed by atoms with Crippen LogP contribution in [0.4, 0.5) is 5.69 Å². The summed E-state index contributed by atoms with van der Waals surface area (Å²) in [5.74, 6) is 0.920. The highest BCUT2D eigenvalue weighted by Crippen LogP contribution is 2.25. The van der Waals surface area contributed by atoms with Crippen LogP contribution in [0.15, 0.2) is 54.6 Å². The summed E-state index contributed by atoms with van der Waals surface area (Å²) in [5, 5.41) is 0. The van der Waals surface area contributed by atoms with Crippen LogP contribution < -0.4 is 15.4 Å². The fourth-order valence-corrected chi connectivity index (χ4v) is 3.47. The number of para-hydroxylation sites is 1. The minimum atomic E-state index is 0.196. The van der Waals surface area contributed by atoms with Gasteiger partial charge in [0.15, 0.2) is 0 Å². The Labute approximate surface area is 151 Å². The second-order valence-electron chi connectivity index (χ2n) is 6.85. The number of nitrogens with zero attached hydrogens (tertiary/aromatic N) is 2. The summed E-state index contributed by atoms with van der Waals surface area (Å²) in [6.45, 7) is 8.85. The van der Waals surface area contributed by atoms with Crippen molar-refractivity contribution in [3.63, 3.8) is 0 Å². The highest BCUT2D eigenvalue weighted by atomic mass is 16.5. The Bertz CT molecular complexity index is 634. The Balaban J connectivity index is 1.62. The van der Waals surface area contributed by atoms with Crippen molar-refractivity contribution in [1.29, 1.82) is 0 Å². The molecule has 4 nitrogen and oxygen atoms in total. The number of anilines is 1. The molecule has 1 aliphatic heterocycles. The van der Waals surface area contributed by atoms with Crippen molar-refractivity contribution < 1.29 is 4.74 Å². The number of ether oxygens (including phenoxy) is 1. The Kier molecular flexibility index (Phi) is 5.95. The van der Waals surface area contributed by atoms with E-state index >= 15 is 0 Å². The van der Waals surface area contributed by atoms with Gasteiger partial charge in [0.2, 0.25) is 0 Å². The maximum atomic E-state index is 6.11. The number of rotatable bonds is 6. The van der Waals surface area contributed by atoms with Crippen molar-refractivity contribution in [2.75, 3.05) is 37.6 Å². The first-order chi connectivity index (χ1) is 12.2. The van der Waals surface area contributed by atoms with Crippen LogP contribution >= 0.6 is 0 Å². The maximum Gasteiger partial charge on any atom is 0.119 e. The quantitative estimate of drug-likeness (QED) is 0.877. The SMILES string of the molecule is CC(C)Oc1ccc(C(CN)N2CCN(c3ccccc3)CC2)cc1. The molecular weight excluding hydrogens is 310 g/mol. The molecule has 1 atom stereocenters. The molecule has 0 aromatic heterocycles. The number of nitrogens with two attached hydrogens (primary N) is 1. The third-order valence-electron chi connectivity index (χ3n) is 4.74. The lowest BCUT2D eigenvalue weighted by Gasteiger charge is -2.40. The summed E-state index contributed by atoms with van der Waals surface area (Å²) >= 11 is 0. The molecule has 2 aromatic carbocycles. The highest BCUT2D eigenvalue weighted by Gasteiger charge is 2.24. The van der Waals surface area contributed by atoms with Crippen LogP contribution in [0.2, 0.25) is 0 Å². The van der Waals surface area contributed by atoms with Gasteiger partial charge in [-0.15, -0.1) is 0 Å². The molecule has 3 rings (SSSR count). The molecular formula is C21H29N3O. The van der Waals surface area contributed by atoms with Gasteiger partial charge in [0.05, 0.1) is 6.10 Å². The van der Waals surface area contributed by atoms with Gasteiger partial charge in [-0.2, -0.15) is 0 Å². The second-order valence-corrected chi connectivity index (χ2v) is 6.85. The first-order valence-corrected chi connectivity index (χ1v) is 9.18. The van der Waals surface area contributed by atoms with Gasteiger partial charge < -0.3 is 15.4 Å². The highest BCUT2D eigenvalue weighted by molar-refractivity contribution is 5.46. The average molecular weight is 339 g/mol. The minimum Gasteiger partial charge on any atom is -0.491 e. The van der Waals surface area contributed by atoms with E-state index in [-0.39, 0.29) is 12.1 Å². The molecule has 0 spiro atoms. The van der Waals surface area contributed by atoms with E-state index in [1.165, 1.54) is 11.3 Å². The fraction of sp³-hybridized carbons (Fsp3) is 0.429. The summed E-state index contributed by atoms with van der Waals surface area (Å²) < 4.78 is 5.74. The third-order valence-corrected chi connectivity index (χ3v) is 4.74. The van der Waals surface area contributed by atoms with Gasteiger partial charge in [-0.05, 0) is 43.7 Å². The molecule has 0 amide bonds. The molecule has 25 heavy (non-hydrogen) atoms. The predicted molar refractivity (Wildman–Crippen MR) is 104 cm³/mol. The lowest BCUT2D eigenvalue weighted by Crippen LogP contribution is -2.49. The van der Waals surface area contributed by atoms with E-state index in [4.69, 9.17) is 10.5 Å². The Hall–Kier alpha value is -2.04. The van der Waals surface area contributed by atoms with E-state index in [1.54, 1.807) is 0 Å². The van der Waals surface area contributed by atoms with Crippen LogP contribution in [0.1, 0.15) is 25.5 Å². The van der Waals surface area contributed by atoms with Crippen molar-refractivity contribution in [3.8, 4) is 5.75 Å². The maximum absolute atomic E-state index is 6.11. The molecule has 2 aromatic rings. The lowest BCUT2D eigenvalue weighted by molar-refractivity contribution is 0.190. The summed E-state index contributed by atoms with van der Waals surface area (Å²) in [4.78, 5) is 4.95. The van der Waals surface area contributed by atoms with E-state index in [0.29, 0.717) is 6.54 Å². The molecule has 4 heteroatoms. The molecule has 0 saturated carbocycles. The van der Waals surface area contributed by atoms with Gasteiger partial charge in [-0.3, -0.25) is 4.90 Å². The molecule has 1 fully saturated rings. The number of hydrogen-bond acceptors (Lipinski definition) is 4. The topological polar surface area (TPSA) is 41.7 Å². The van der Waals surface area contributed by atoms with E-state index in [0.717, 1.165) is 31.9 Å². The molecule has 1 saturated heterocycles. The Morgan fingerprint density at radius 2 is 1.56 bits per heavy atom. The van der Waals surface area contributed by atoms with Gasteiger partial charge >= 0.3 is 0 Å². The molecule has 1 heterocycles. The van der Waals surface area contributed by atoms with Crippen molar-refractivity contribution in [3.05, 3.63) is 60.2 Å². The fourth-order valence-electron chi connectivity index (χ4n) is 3.47. The Morgan fingerprint density at radius 3 is 2.12 bits per heavy atom. The number of benzene rings is 2. The van der Waals surface area contributed by atoms with Gasteiger partial charge in [0.1, 0.15) is 5.75 Å². The zero-order valence-electron chi connectivity index (χ0n) is 15.3. The standard InChI is InChI=1S/C21H29N3O/c1-17(2)25-20-10-8-18(9-11-20)21(16-22)24-14-12-23(13-15-24)19-6-4-3-5-7-19/h3-11,17,21H,12-16,22H2,1-2H3. The normalized spacial score (nSPS) is 16.9. The summed E-state index contributed by atoms with van der Waals surface area (Å²) in [5.41, 5.74) is 8.69. The van der Waals surface area contributed by atoms with E-state index in [9.17, 15) is 0 Å². The molecule has 134 valence electrons. The molecule has 0 bridgehead atoms. The minimum absolute atomic E-state index is 0.196. The van der Waals surface area contributed by atoms with Gasteiger partial charge in [-0.25, -0.2) is 0 Å². The largest absolute Gasteiger partial charge is 0.491 e. The first kappa shape index (κ1) is 17.8. The second kappa shape index (κ2) is 8.37. The smallest absolute Gasteiger partial charge is 0.119 e. The lowest BCUT2D eigenvalue weighted by atomic mass is 10.0. The van der Waals surface area contributed by atoms with Crippen LogP contribution in [0.5, 0.6) is 5.75 Å². The summed E-state index contributed by atoms with van der Waals surface area (Å²) in [7, 11) is 0. The van der Waals surface area contributed by atoms with Crippen LogP contribution in [0, 0.1) is 0 Å². The van der Waals surface area contributed by atoms with Crippen molar-refractivity contribution in [2.45, 2.75) is 26.0 Å². The number of piperazine rings is 1. The van der Waals surface area contributed by atoms with Gasteiger partial charge in [0, 0.05) is 44.5 Å². The van der Waals surface area contributed by atoms with Crippen LogP contribution in [-0.2, 0) is 0 Å². The molecule has 0 aliphatic carbocycles. The van der Waals surface area contributed by atoms with Crippen molar-refractivity contribution in [2.24, 2.45) is 5.73 Å². The molecule has 1 unspecified atom stereocenters. The molecule has 0 radical (unpaired) electrons. The predicted octanol–water partition coefficient (Wildman–Crippen LogP) is 3.30. The van der Waals surface area contributed by atoms with Gasteiger partial charge in [-0.1, -0.05) is 30.3 Å². The summed E-state index contributed by atoms with van der Waals surface area (Å²) in [6.07, 6.45) is 0.196. The monoisotopic (exact) mass is 339 g/mol. The molecule has 2 N–H and O–H groups in total. The van der Waals surface area contributed by atoms with Gasteiger partial charge in [0.25, 0.3) is 0 Å². The van der Waals surface area contributed by atoms with E-state index in [1.807, 2.05) is 13.8 Å². The van der Waals surface area contributed by atoms with Crippen LogP contribution in [0.25, 0.3) is 0 Å². The van der Waals surface area contributed by atoms with Crippen LogP contribution in [-0.4, -0.2) is 43.7 Å². The van der Waals surface area contributed by atoms with Crippen LogP contribution in [0.3, 0.4) is 0 Å². The average Bonchev–Trinajstić information content (AvgIpc) is 2.65. The number of hydrogen-bond donors (Lipinski definition) is 1. The van der Waals surface area contributed by atoms with E-state index < -0.39 is 0 Å². The zero-order chi connectivity index (χ0) is 17.6. The summed E-state index contributed by atoms with van der Waals surface area (Å²) in [6, 6.07) is 19.3. The third kappa shape index (κ3) is 4.53. The van der Waals surface area contributed by atoms with Crippen molar-refractivity contribution >= 4 is 5.69 Å². The van der Waals surface area contributed by atoms with Crippen molar-refractivity contribution in [1.82, 2.24) is 4.90 Å².